The molecule has 0 spiro atoms. The molecule has 1 saturated heterocycles. The summed E-state index contributed by atoms with van der Waals surface area (Å²) < 4.78 is 12.8. The van der Waals surface area contributed by atoms with Crippen molar-refractivity contribution < 1.29 is 9.26 Å². The van der Waals surface area contributed by atoms with Gasteiger partial charge in [0.05, 0.1) is 27.9 Å². The molecule has 1 N–H and O–H groups in total. The number of hydrogen-bond acceptors (Lipinski definition) is 8. The summed E-state index contributed by atoms with van der Waals surface area (Å²) in [5.41, 5.74) is 3.65. The predicted octanol–water partition coefficient (Wildman–Crippen LogP) is 5.32. The van der Waals surface area contributed by atoms with Gasteiger partial charge in [0.25, 0.3) is 0 Å². The Balaban J connectivity index is 1.55. The molecule has 1 saturated carbocycles. The van der Waals surface area contributed by atoms with E-state index in [1.165, 1.54) is 25.7 Å². The summed E-state index contributed by atoms with van der Waals surface area (Å²) in [6, 6.07) is 4.00. The Morgan fingerprint density at radius 3 is 2.64 bits per heavy atom. The van der Waals surface area contributed by atoms with Gasteiger partial charge in [-0.2, -0.15) is 0 Å². The number of pyridine rings is 2. The summed E-state index contributed by atoms with van der Waals surface area (Å²) in [5.74, 6) is 1.89. The molecule has 0 bridgehead atoms. The van der Waals surface area contributed by atoms with Gasteiger partial charge in [-0.1, -0.05) is 36.5 Å². The summed E-state index contributed by atoms with van der Waals surface area (Å²) in [6.45, 7) is 6.30. The average Bonchev–Trinajstić information content (AvgIpc) is 3.53. The molecular formula is C28H34ClN7O3. The number of piperidine rings is 1. The Morgan fingerprint density at radius 1 is 1.13 bits per heavy atom. The molecule has 5 heterocycles. The number of hydrogen-bond donors (Lipinski definition) is 1. The fourth-order valence-electron chi connectivity index (χ4n) is 6.15. The topological polar surface area (TPSA) is 115 Å². The number of nitrogens with one attached hydrogen (secondary N) is 1. The van der Waals surface area contributed by atoms with Crippen molar-refractivity contribution in [2.75, 3.05) is 18.6 Å². The Kier molecular flexibility index (Phi) is 7.16. The standard InChI is InChI=1S/C28H34ClN7O3/c1-16-4-6-18(7-5-16)15-36-25-22(32-27(36)35-9-8-21(38-3)10-17(35)2)12-23(26-33-28(37)39-34-26)31-24(25)19-11-20(29)14-30-13-19/h11-14,16-18,21H,4-10,15H2,1-3H3,(H,33,34,37)/t16?,17-,18?,21+/m1/s1. The van der Waals surface area contributed by atoms with Crippen LogP contribution in [0.5, 0.6) is 0 Å². The lowest BCUT2D eigenvalue weighted by Gasteiger charge is -2.38. The van der Waals surface area contributed by atoms with Gasteiger partial charge in [0.2, 0.25) is 11.8 Å². The molecule has 2 fully saturated rings. The van der Waals surface area contributed by atoms with E-state index in [1.807, 2.05) is 12.1 Å². The molecule has 0 aromatic carbocycles. The number of aromatic nitrogens is 6. The van der Waals surface area contributed by atoms with Crippen LogP contribution in [-0.4, -0.2) is 55.5 Å². The van der Waals surface area contributed by atoms with Crippen molar-refractivity contribution in [1.29, 1.82) is 0 Å². The number of fused-ring (bicyclic) bond motifs is 1. The number of ether oxygens (including phenoxy) is 1. The van der Waals surface area contributed by atoms with Gasteiger partial charge >= 0.3 is 5.76 Å². The van der Waals surface area contributed by atoms with Gasteiger partial charge in [0, 0.05) is 44.2 Å². The van der Waals surface area contributed by atoms with Crippen LogP contribution in [0.1, 0.15) is 52.4 Å². The number of methoxy groups -OCH3 is 1. The summed E-state index contributed by atoms with van der Waals surface area (Å²) in [4.78, 5) is 31.3. The second-order valence-electron chi connectivity index (χ2n) is 11.1. The molecular weight excluding hydrogens is 518 g/mol. The summed E-state index contributed by atoms with van der Waals surface area (Å²) >= 11 is 6.38. The smallest absolute Gasteiger partial charge is 0.381 e. The maximum Gasteiger partial charge on any atom is 0.439 e. The van der Waals surface area contributed by atoms with E-state index in [2.05, 4.69) is 38.4 Å². The zero-order chi connectivity index (χ0) is 27.1. The third-order valence-corrected chi connectivity index (χ3v) is 8.57. The minimum absolute atomic E-state index is 0.249. The third-order valence-electron chi connectivity index (χ3n) is 8.36. The summed E-state index contributed by atoms with van der Waals surface area (Å²) in [7, 11) is 1.79. The van der Waals surface area contributed by atoms with Crippen LogP contribution < -0.4 is 10.7 Å². The maximum absolute atomic E-state index is 11.7. The van der Waals surface area contributed by atoms with Gasteiger partial charge in [-0.25, -0.2) is 14.8 Å². The van der Waals surface area contributed by atoms with E-state index in [-0.39, 0.29) is 18.0 Å². The van der Waals surface area contributed by atoms with Crippen LogP contribution in [0.25, 0.3) is 33.8 Å². The van der Waals surface area contributed by atoms with Crippen molar-refractivity contribution in [3.05, 3.63) is 40.1 Å². The monoisotopic (exact) mass is 551 g/mol. The first kappa shape index (κ1) is 26.0. The molecule has 0 amide bonds. The van der Waals surface area contributed by atoms with Crippen molar-refractivity contribution in [3.8, 4) is 22.8 Å². The van der Waals surface area contributed by atoms with Crippen LogP contribution in [0, 0.1) is 11.8 Å². The van der Waals surface area contributed by atoms with Crippen molar-refractivity contribution in [1.82, 2.24) is 29.7 Å². The van der Waals surface area contributed by atoms with Gasteiger partial charge < -0.3 is 14.2 Å². The van der Waals surface area contributed by atoms with Crippen LogP contribution in [-0.2, 0) is 11.3 Å². The van der Waals surface area contributed by atoms with Gasteiger partial charge in [0.1, 0.15) is 5.69 Å². The van der Waals surface area contributed by atoms with Gasteiger partial charge in [-0.15, -0.1) is 0 Å². The van der Waals surface area contributed by atoms with E-state index >= 15 is 0 Å². The number of rotatable bonds is 6. The highest BCUT2D eigenvalue weighted by molar-refractivity contribution is 6.30. The van der Waals surface area contributed by atoms with Crippen LogP contribution in [0.15, 0.2) is 33.8 Å². The van der Waals surface area contributed by atoms with Crippen LogP contribution in [0.2, 0.25) is 5.02 Å². The molecule has 2 atom stereocenters. The SMILES string of the molecule is CO[C@H]1CCN(c2nc3cc(-c4noc(=O)[nH]4)nc(-c4cncc(Cl)c4)c3n2CC2CCC(C)CC2)[C@H](C)C1. The first-order valence-electron chi connectivity index (χ1n) is 13.8. The predicted molar refractivity (Wildman–Crippen MR) is 150 cm³/mol. The van der Waals surface area contributed by atoms with Crippen LogP contribution in [0.3, 0.4) is 0 Å². The highest BCUT2D eigenvalue weighted by atomic mass is 35.5. The Labute approximate surface area is 231 Å². The van der Waals surface area contributed by atoms with Gasteiger partial charge in [-0.05, 0) is 56.6 Å². The number of anilines is 1. The Morgan fingerprint density at radius 2 is 1.95 bits per heavy atom. The van der Waals surface area contributed by atoms with Crippen LogP contribution in [0.4, 0.5) is 5.95 Å². The largest absolute Gasteiger partial charge is 0.439 e. The first-order chi connectivity index (χ1) is 18.9. The number of nitrogens with zero attached hydrogens (tertiary/aromatic N) is 6. The minimum Gasteiger partial charge on any atom is -0.381 e. The molecule has 4 aromatic rings. The van der Waals surface area contributed by atoms with E-state index in [9.17, 15) is 4.79 Å². The minimum atomic E-state index is -0.634. The lowest BCUT2D eigenvalue weighted by Crippen LogP contribution is -2.44. The molecule has 39 heavy (non-hydrogen) atoms. The van der Waals surface area contributed by atoms with E-state index in [0.717, 1.165) is 54.4 Å². The molecule has 11 heteroatoms. The molecule has 1 aliphatic heterocycles. The Bertz CT molecular complexity index is 1520. The fourth-order valence-corrected chi connectivity index (χ4v) is 6.32. The number of H-pyrrole nitrogens is 1. The van der Waals surface area contributed by atoms with Crippen molar-refractivity contribution >= 4 is 28.6 Å². The van der Waals surface area contributed by atoms with Crippen molar-refractivity contribution in [2.24, 2.45) is 11.8 Å². The van der Waals surface area contributed by atoms with Crippen molar-refractivity contribution in [3.63, 3.8) is 0 Å². The summed E-state index contributed by atoms with van der Waals surface area (Å²) in [5, 5.41) is 4.41. The molecule has 206 valence electrons. The van der Waals surface area contributed by atoms with E-state index < -0.39 is 5.76 Å². The second-order valence-corrected chi connectivity index (χ2v) is 11.6. The number of halogens is 1. The van der Waals surface area contributed by atoms with E-state index in [1.54, 1.807) is 19.5 Å². The average molecular weight is 552 g/mol. The molecule has 10 nitrogen and oxygen atoms in total. The fraction of sp³-hybridized carbons (Fsp3) is 0.536. The zero-order valence-corrected chi connectivity index (χ0v) is 23.3. The lowest BCUT2D eigenvalue weighted by atomic mass is 9.83. The molecule has 0 unspecified atom stereocenters. The second kappa shape index (κ2) is 10.7. The van der Waals surface area contributed by atoms with Crippen LogP contribution >= 0.6 is 11.6 Å². The molecule has 6 rings (SSSR count). The summed E-state index contributed by atoms with van der Waals surface area (Å²) in [6.07, 6.45) is 10.4. The van der Waals surface area contributed by atoms with Gasteiger partial charge in [0.15, 0.2) is 0 Å². The van der Waals surface area contributed by atoms with Gasteiger partial charge in [-0.3, -0.25) is 14.5 Å². The lowest BCUT2D eigenvalue weighted by molar-refractivity contribution is 0.0716. The first-order valence-corrected chi connectivity index (χ1v) is 14.2. The zero-order valence-electron chi connectivity index (χ0n) is 22.6. The molecule has 2 aliphatic rings. The highest BCUT2D eigenvalue weighted by Crippen LogP contribution is 2.38. The highest BCUT2D eigenvalue weighted by Gasteiger charge is 2.31. The number of aromatic amines is 1. The van der Waals surface area contributed by atoms with E-state index in [4.69, 9.17) is 30.8 Å². The molecule has 4 aromatic heterocycles. The maximum atomic E-state index is 11.7. The normalized spacial score (nSPS) is 23.9. The Hall–Kier alpha value is -3.24. The quantitative estimate of drug-likeness (QED) is 0.342. The van der Waals surface area contributed by atoms with E-state index in [0.29, 0.717) is 22.3 Å². The molecule has 0 radical (unpaired) electrons. The molecule has 1 aliphatic carbocycles. The van der Waals surface area contributed by atoms with Crippen molar-refractivity contribution in [2.45, 2.75) is 71.1 Å². The third kappa shape index (κ3) is 5.19. The number of imidazole rings is 1.